The third kappa shape index (κ3) is 4.49. The van der Waals surface area contributed by atoms with E-state index in [1.807, 2.05) is 49.4 Å². The van der Waals surface area contributed by atoms with Gasteiger partial charge in [-0.15, -0.1) is 0 Å². The first-order valence-corrected chi connectivity index (χ1v) is 12.4. The molecule has 1 heterocycles. The molecule has 3 aromatic carbocycles. The van der Waals surface area contributed by atoms with Crippen LogP contribution in [0.5, 0.6) is 0 Å². The van der Waals surface area contributed by atoms with Gasteiger partial charge in [0.1, 0.15) is 5.82 Å². The van der Waals surface area contributed by atoms with Crippen molar-refractivity contribution in [3.8, 4) is 0 Å². The Kier molecular flexibility index (Phi) is 6.55. The molecule has 2 aliphatic rings. The van der Waals surface area contributed by atoms with E-state index in [1.54, 1.807) is 12.1 Å². The highest BCUT2D eigenvalue weighted by molar-refractivity contribution is 6.10. The molecule has 0 saturated heterocycles. The Labute approximate surface area is 210 Å². The number of amides is 1. The zero-order chi connectivity index (χ0) is 25.2. The number of para-hydroxylation sites is 1. The maximum absolute atomic E-state index is 14.3. The Morgan fingerprint density at radius 2 is 1.64 bits per heavy atom. The van der Waals surface area contributed by atoms with Crippen molar-refractivity contribution < 1.29 is 14.0 Å². The van der Waals surface area contributed by atoms with Crippen LogP contribution in [0.3, 0.4) is 0 Å². The molecule has 36 heavy (non-hydrogen) atoms. The SMILES string of the molecule is CCc1ccc([C@H]2C(C(=O)Nc3ccccc3F)=C(C)NC3=C2C(=O)C[C@@H](c2ccccc2)C3)cc1. The number of benzene rings is 3. The van der Waals surface area contributed by atoms with Crippen molar-refractivity contribution in [1.82, 2.24) is 5.32 Å². The molecular weight excluding hydrogens is 451 g/mol. The van der Waals surface area contributed by atoms with E-state index in [9.17, 15) is 14.0 Å². The third-order valence-corrected chi connectivity index (χ3v) is 7.19. The van der Waals surface area contributed by atoms with Gasteiger partial charge in [0, 0.05) is 34.9 Å². The second-order valence-corrected chi connectivity index (χ2v) is 9.46. The predicted octanol–water partition coefficient (Wildman–Crippen LogP) is 6.39. The summed E-state index contributed by atoms with van der Waals surface area (Å²) in [6.45, 7) is 3.94. The maximum atomic E-state index is 14.3. The highest BCUT2D eigenvalue weighted by Crippen LogP contribution is 2.45. The first-order chi connectivity index (χ1) is 17.5. The van der Waals surface area contributed by atoms with Crippen LogP contribution in [0.4, 0.5) is 10.1 Å². The Bertz CT molecular complexity index is 1370. The fraction of sp³-hybridized carbons (Fsp3) is 0.226. The van der Waals surface area contributed by atoms with Gasteiger partial charge in [-0.1, -0.05) is 73.7 Å². The minimum atomic E-state index is -0.525. The van der Waals surface area contributed by atoms with Gasteiger partial charge in [-0.3, -0.25) is 9.59 Å². The quantitative estimate of drug-likeness (QED) is 0.445. The van der Waals surface area contributed by atoms with Crippen LogP contribution < -0.4 is 10.6 Å². The molecule has 5 rings (SSSR count). The first-order valence-electron chi connectivity index (χ1n) is 12.4. The third-order valence-electron chi connectivity index (χ3n) is 7.19. The van der Waals surface area contributed by atoms with Crippen molar-refractivity contribution in [3.63, 3.8) is 0 Å². The van der Waals surface area contributed by atoms with Crippen molar-refractivity contribution in [2.45, 2.75) is 44.9 Å². The zero-order valence-electron chi connectivity index (χ0n) is 20.5. The Balaban J connectivity index is 1.57. The van der Waals surface area contributed by atoms with E-state index >= 15 is 0 Å². The number of allylic oxidation sites excluding steroid dienone is 3. The van der Waals surface area contributed by atoms with Crippen molar-refractivity contribution in [3.05, 3.63) is 124 Å². The normalized spacial score (nSPS) is 19.6. The highest BCUT2D eigenvalue weighted by atomic mass is 19.1. The van der Waals surface area contributed by atoms with Gasteiger partial charge in [0.2, 0.25) is 0 Å². The molecule has 0 unspecified atom stereocenters. The lowest BCUT2D eigenvalue weighted by molar-refractivity contribution is -0.116. The summed E-state index contributed by atoms with van der Waals surface area (Å²) in [4.78, 5) is 27.3. The summed E-state index contributed by atoms with van der Waals surface area (Å²) < 4.78 is 14.3. The van der Waals surface area contributed by atoms with Gasteiger partial charge in [-0.2, -0.15) is 0 Å². The molecule has 1 aliphatic heterocycles. The van der Waals surface area contributed by atoms with Gasteiger partial charge >= 0.3 is 0 Å². The number of aryl methyl sites for hydroxylation is 1. The van der Waals surface area contributed by atoms with Gasteiger partial charge in [-0.05, 0) is 54.5 Å². The minimum Gasteiger partial charge on any atom is -0.362 e. The summed E-state index contributed by atoms with van der Waals surface area (Å²) >= 11 is 0. The van der Waals surface area contributed by atoms with Gasteiger partial charge in [0.25, 0.3) is 5.91 Å². The molecule has 0 aromatic heterocycles. The molecule has 0 bridgehead atoms. The molecule has 2 N–H and O–H groups in total. The summed E-state index contributed by atoms with van der Waals surface area (Å²) in [7, 11) is 0. The summed E-state index contributed by atoms with van der Waals surface area (Å²) in [5, 5.41) is 6.12. The number of carbonyl (C=O) groups excluding carboxylic acids is 2. The van der Waals surface area contributed by atoms with Crippen LogP contribution in [0.2, 0.25) is 0 Å². The number of Topliss-reactive ketones (excluding diaryl/α,β-unsaturated/α-hetero) is 1. The van der Waals surface area contributed by atoms with E-state index in [0.29, 0.717) is 29.7 Å². The molecule has 2 atom stereocenters. The van der Waals surface area contributed by atoms with Crippen LogP contribution in [0, 0.1) is 5.82 Å². The summed E-state index contributed by atoms with van der Waals surface area (Å²) in [5.41, 5.74) is 5.92. The van der Waals surface area contributed by atoms with Gasteiger partial charge < -0.3 is 10.6 Å². The lowest BCUT2D eigenvalue weighted by atomic mass is 9.71. The largest absolute Gasteiger partial charge is 0.362 e. The fourth-order valence-corrected chi connectivity index (χ4v) is 5.33. The van der Waals surface area contributed by atoms with E-state index < -0.39 is 17.6 Å². The number of rotatable bonds is 5. The van der Waals surface area contributed by atoms with E-state index in [4.69, 9.17) is 0 Å². The molecule has 3 aromatic rings. The second-order valence-electron chi connectivity index (χ2n) is 9.46. The predicted molar refractivity (Wildman–Crippen MR) is 140 cm³/mol. The molecule has 0 saturated carbocycles. The first kappa shape index (κ1) is 23.7. The average molecular weight is 481 g/mol. The number of halogens is 1. The number of dihydropyridines is 1. The molecule has 0 fully saturated rings. The molecule has 1 aliphatic carbocycles. The van der Waals surface area contributed by atoms with Gasteiger partial charge in [0.05, 0.1) is 5.69 Å². The summed E-state index contributed by atoms with van der Waals surface area (Å²) in [6, 6.07) is 24.3. The van der Waals surface area contributed by atoms with Crippen LogP contribution >= 0.6 is 0 Å². The van der Waals surface area contributed by atoms with Crippen LogP contribution in [-0.4, -0.2) is 11.7 Å². The van der Waals surface area contributed by atoms with E-state index in [0.717, 1.165) is 23.2 Å². The lowest BCUT2D eigenvalue weighted by Crippen LogP contribution is -2.37. The molecule has 4 nitrogen and oxygen atoms in total. The highest BCUT2D eigenvalue weighted by Gasteiger charge is 2.41. The van der Waals surface area contributed by atoms with E-state index in [1.165, 1.54) is 17.7 Å². The van der Waals surface area contributed by atoms with E-state index in [-0.39, 0.29) is 17.4 Å². The van der Waals surface area contributed by atoms with Crippen molar-refractivity contribution in [1.29, 1.82) is 0 Å². The zero-order valence-corrected chi connectivity index (χ0v) is 20.5. The number of carbonyl (C=O) groups is 2. The minimum absolute atomic E-state index is 0.0332. The molecule has 5 heteroatoms. The van der Waals surface area contributed by atoms with Crippen LogP contribution in [-0.2, 0) is 16.0 Å². The Hall–Kier alpha value is -3.99. The fourth-order valence-electron chi connectivity index (χ4n) is 5.33. The molecule has 0 radical (unpaired) electrons. The number of nitrogens with one attached hydrogen (secondary N) is 2. The summed E-state index contributed by atoms with van der Waals surface area (Å²) in [6.07, 6.45) is 1.97. The lowest BCUT2D eigenvalue weighted by Gasteiger charge is -2.37. The van der Waals surface area contributed by atoms with Crippen LogP contribution in [0.25, 0.3) is 0 Å². The van der Waals surface area contributed by atoms with Crippen molar-refractivity contribution in [2.24, 2.45) is 0 Å². The molecule has 182 valence electrons. The van der Waals surface area contributed by atoms with Crippen LogP contribution in [0.1, 0.15) is 55.2 Å². The number of ketones is 1. The van der Waals surface area contributed by atoms with E-state index in [2.05, 4.69) is 29.7 Å². The maximum Gasteiger partial charge on any atom is 0.254 e. The smallest absolute Gasteiger partial charge is 0.254 e. The van der Waals surface area contributed by atoms with Gasteiger partial charge in [0.15, 0.2) is 5.78 Å². The van der Waals surface area contributed by atoms with Crippen LogP contribution in [0.15, 0.2) is 101 Å². The number of hydrogen-bond donors (Lipinski definition) is 2. The number of hydrogen-bond acceptors (Lipinski definition) is 3. The molecular formula is C31H29FN2O2. The Morgan fingerprint density at radius 3 is 2.33 bits per heavy atom. The Morgan fingerprint density at radius 1 is 0.944 bits per heavy atom. The summed E-state index contributed by atoms with van der Waals surface area (Å²) in [5.74, 6) is -1.33. The number of anilines is 1. The van der Waals surface area contributed by atoms with Crippen molar-refractivity contribution in [2.75, 3.05) is 5.32 Å². The monoisotopic (exact) mass is 480 g/mol. The van der Waals surface area contributed by atoms with Gasteiger partial charge in [-0.25, -0.2) is 4.39 Å². The average Bonchev–Trinajstić information content (AvgIpc) is 2.89. The van der Waals surface area contributed by atoms with Crippen molar-refractivity contribution >= 4 is 17.4 Å². The standard InChI is InChI=1S/C31H29FN2O2/c1-3-20-13-15-22(16-14-20)29-28(31(36)34-25-12-8-7-11-24(25)32)19(2)33-26-17-23(18-27(35)30(26)29)21-9-5-4-6-10-21/h4-16,23,29,33H,3,17-18H2,1-2H3,(H,34,36)/t23-,29-/m0/s1. The topological polar surface area (TPSA) is 58.2 Å². The molecule has 1 amide bonds. The molecule has 0 spiro atoms. The second kappa shape index (κ2) is 9.94.